The second-order valence-electron chi connectivity index (χ2n) is 5.48. The summed E-state index contributed by atoms with van der Waals surface area (Å²) in [6.07, 6.45) is 6.64. The highest BCUT2D eigenvalue weighted by Crippen LogP contribution is 2.20. The van der Waals surface area contributed by atoms with Crippen LogP contribution in [0, 0.1) is 0 Å². The van der Waals surface area contributed by atoms with Gasteiger partial charge in [0.2, 0.25) is 5.91 Å². The molecule has 0 radical (unpaired) electrons. The van der Waals surface area contributed by atoms with Gasteiger partial charge >= 0.3 is 0 Å². The third-order valence-corrected chi connectivity index (χ3v) is 4.09. The molecule has 5 heteroatoms. The molecular formula is C14H26N2O3. The van der Waals surface area contributed by atoms with Gasteiger partial charge in [-0.15, -0.1) is 0 Å². The van der Waals surface area contributed by atoms with E-state index in [1.54, 1.807) is 0 Å². The Labute approximate surface area is 115 Å². The van der Waals surface area contributed by atoms with Crippen molar-refractivity contribution in [2.24, 2.45) is 0 Å². The summed E-state index contributed by atoms with van der Waals surface area (Å²) in [6.45, 7) is 1.67. The number of likely N-dealkylation sites (N-methyl/N-ethyl adjacent to an activating group) is 1. The molecule has 1 saturated carbocycles. The highest BCUT2D eigenvalue weighted by molar-refractivity contribution is 5.77. The van der Waals surface area contributed by atoms with Gasteiger partial charge < -0.3 is 20.1 Å². The predicted molar refractivity (Wildman–Crippen MR) is 73.0 cm³/mol. The van der Waals surface area contributed by atoms with Crippen molar-refractivity contribution in [2.75, 3.05) is 26.9 Å². The number of amides is 1. The Kier molecular flexibility index (Phi) is 6.07. The van der Waals surface area contributed by atoms with E-state index < -0.39 is 0 Å². The lowest BCUT2D eigenvalue weighted by Gasteiger charge is -2.31. The van der Waals surface area contributed by atoms with Crippen molar-refractivity contribution in [3.63, 3.8) is 0 Å². The molecule has 1 saturated heterocycles. The molecule has 1 amide bonds. The van der Waals surface area contributed by atoms with Crippen LogP contribution in [0.2, 0.25) is 0 Å². The largest absolute Gasteiger partial charge is 0.381 e. The molecule has 0 bridgehead atoms. The van der Waals surface area contributed by atoms with Crippen LogP contribution in [0.4, 0.5) is 0 Å². The fourth-order valence-corrected chi connectivity index (χ4v) is 2.92. The smallest absolute Gasteiger partial charge is 0.246 e. The molecule has 0 aromatic rings. The topological polar surface area (TPSA) is 59.6 Å². The third kappa shape index (κ3) is 4.75. The maximum absolute atomic E-state index is 11.9. The van der Waals surface area contributed by atoms with E-state index in [1.807, 2.05) is 7.05 Å². The van der Waals surface area contributed by atoms with Crippen LogP contribution in [-0.2, 0) is 14.3 Å². The minimum atomic E-state index is 0.00678. The molecule has 0 aromatic heterocycles. The SMILES string of the molecule is CNC1CCCCC1OCC(=O)NC1CCOCC1. The Morgan fingerprint density at radius 1 is 1.21 bits per heavy atom. The van der Waals surface area contributed by atoms with Crippen LogP contribution >= 0.6 is 0 Å². The molecule has 2 fully saturated rings. The van der Waals surface area contributed by atoms with E-state index in [4.69, 9.17) is 9.47 Å². The van der Waals surface area contributed by atoms with Crippen LogP contribution in [0.5, 0.6) is 0 Å². The minimum Gasteiger partial charge on any atom is -0.381 e. The van der Waals surface area contributed by atoms with Crippen molar-refractivity contribution in [3.8, 4) is 0 Å². The van der Waals surface area contributed by atoms with E-state index in [-0.39, 0.29) is 24.7 Å². The average Bonchev–Trinajstić information content (AvgIpc) is 2.46. The van der Waals surface area contributed by atoms with Gasteiger partial charge in [-0.05, 0) is 32.7 Å². The highest BCUT2D eigenvalue weighted by atomic mass is 16.5. The number of hydrogen-bond donors (Lipinski definition) is 2. The van der Waals surface area contributed by atoms with Crippen LogP contribution in [0.1, 0.15) is 38.5 Å². The van der Waals surface area contributed by atoms with Crippen molar-refractivity contribution in [3.05, 3.63) is 0 Å². The number of rotatable bonds is 5. The van der Waals surface area contributed by atoms with Crippen LogP contribution in [0.25, 0.3) is 0 Å². The van der Waals surface area contributed by atoms with Gasteiger partial charge in [-0.2, -0.15) is 0 Å². The molecule has 2 N–H and O–H groups in total. The lowest BCUT2D eigenvalue weighted by atomic mass is 9.92. The Hall–Kier alpha value is -0.650. The highest BCUT2D eigenvalue weighted by Gasteiger charge is 2.25. The van der Waals surface area contributed by atoms with Gasteiger partial charge in [0.25, 0.3) is 0 Å². The van der Waals surface area contributed by atoms with Gasteiger partial charge in [0, 0.05) is 25.3 Å². The standard InChI is InChI=1S/C14H26N2O3/c1-15-12-4-2-3-5-13(12)19-10-14(17)16-11-6-8-18-9-7-11/h11-13,15H,2-10H2,1H3,(H,16,17). The summed E-state index contributed by atoms with van der Waals surface area (Å²) in [4.78, 5) is 11.9. The molecule has 110 valence electrons. The lowest BCUT2D eigenvalue weighted by Crippen LogP contribution is -2.45. The molecule has 2 rings (SSSR count). The molecule has 2 unspecified atom stereocenters. The zero-order valence-corrected chi connectivity index (χ0v) is 11.8. The molecule has 19 heavy (non-hydrogen) atoms. The number of nitrogens with one attached hydrogen (secondary N) is 2. The third-order valence-electron chi connectivity index (χ3n) is 4.09. The first-order valence-corrected chi connectivity index (χ1v) is 7.45. The van der Waals surface area contributed by atoms with Crippen LogP contribution < -0.4 is 10.6 Å². The quantitative estimate of drug-likeness (QED) is 0.777. The summed E-state index contributed by atoms with van der Waals surface area (Å²) in [5.74, 6) is 0.00678. The summed E-state index contributed by atoms with van der Waals surface area (Å²) in [5, 5.41) is 6.31. The number of carbonyl (C=O) groups excluding carboxylic acids is 1. The van der Waals surface area contributed by atoms with Gasteiger partial charge in [-0.25, -0.2) is 0 Å². The fourth-order valence-electron chi connectivity index (χ4n) is 2.92. The maximum atomic E-state index is 11.9. The predicted octanol–water partition coefficient (Wildman–Crippen LogP) is 0.829. The normalized spacial score (nSPS) is 29.1. The first-order chi connectivity index (χ1) is 9.29. The lowest BCUT2D eigenvalue weighted by molar-refractivity contribution is -0.130. The molecule has 2 aliphatic rings. The van der Waals surface area contributed by atoms with Crippen molar-refractivity contribution in [2.45, 2.75) is 56.7 Å². The van der Waals surface area contributed by atoms with Crippen LogP contribution in [-0.4, -0.2) is 51.0 Å². The molecule has 5 nitrogen and oxygen atoms in total. The summed E-state index contributed by atoms with van der Waals surface area (Å²) >= 11 is 0. The zero-order chi connectivity index (χ0) is 13.5. The monoisotopic (exact) mass is 270 g/mol. The number of carbonyl (C=O) groups is 1. The summed E-state index contributed by atoms with van der Waals surface area (Å²) in [5.41, 5.74) is 0. The maximum Gasteiger partial charge on any atom is 0.246 e. The number of ether oxygens (including phenoxy) is 2. The zero-order valence-electron chi connectivity index (χ0n) is 11.8. The molecule has 0 aromatic carbocycles. The first-order valence-electron chi connectivity index (χ1n) is 7.45. The molecule has 1 heterocycles. The molecule has 2 atom stereocenters. The molecule has 0 spiro atoms. The summed E-state index contributed by atoms with van der Waals surface area (Å²) < 4.78 is 11.1. The van der Waals surface area contributed by atoms with Crippen molar-refractivity contribution in [1.82, 2.24) is 10.6 Å². The summed E-state index contributed by atoms with van der Waals surface area (Å²) in [7, 11) is 1.97. The molecule has 1 aliphatic heterocycles. The second-order valence-corrected chi connectivity index (χ2v) is 5.48. The van der Waals surface area contributed by atoms with Gasteiger partial charge in [0.05, 0.1) is 6.10 Å². The molecule has 1 aliphatic carbocycles. The fraction of sp³-hybridized carbons (Fsp3) is 0.929. The van der Waals surface area contributed by atoms with E-state index in [0.717, 1.165) is 38.9 Å². The minimum absolute atomic E-state index is 0.00678. The Morgan fingerprint density at radius 3 is 2.68 bits per heavy atom. The van der Waals surface area contributed by atoms with Gasteiger partial charge in [0.15, 0.2) is 0 Å². The van der Waals surface area contributed by atoms with E-state index in [1.165, 1.54) is 12.8 Å². The van der Waals surface area contributed by atoms with Crippen molar-refractivity contribution < 1.29 is 14.3 Å². The van der Waals surface area contributed by atoms with E-state index in [2.05, 4.69) is 10.6 Å². The Bertz CT molecular complexity index is 280. The van der Waals surface area contributed by atoms with Gasteiger partial charge in [0.1, 0.15) is 6.61 Å². The second kappa shape index (κ2) is 7.82. The van der Waals surface area contributed by atoms with E-state index in [0.29, 0.717) is 6.04 Å². The van der Waals surface area contributed by atoms with Crippen LogP contribution in [0.15, 0.2) is 0 Å². The van der Waals surface area contributed by atoms with Crippen molar-refractivity contribution in [1.29, 1.82) is 0 Å². The Balaban J connectivity index is 1.67. The van der Waals surface area contributed by atoms with E-state index >= 15 is 0 Å². The Morgan fingerprint density at radius 2 is 1.95 bits per heavy atom. The van der Waals surface area contributed by atoms with Crippen LogP contribution in [0.3, 0.4) is 0 Å². The summed E-state index contributed by atoms with van der Waals surface area (Å²) in [6, 6.07) is 0.654. The molecular weight excluding hydrogens is 244 g/mol. The number of hydrogen-bond acceptors (Lipinski definition) is 4. The average molecular weight is 270 g/mol. The van der Waals surface area contributed by atoms with Crippen molar-refractivity contribution >= 4 is 5.91 Å². The first kappa shape index (κ1) is 14.8. The van der Waals surface area contributed by atoms with Gasteiger partial charge in [-0.3, -0.25) is 4.79 Å². The van der Waals surface area contributed by atoms with Gasteiger partial charge in [-0.1, -0.05) is 12.8 Å². The van der Waals surface area contributed by atoms with E-state index in [9.17, 15) is 4.79 Å².